The summed E-state index contributed by atoms with van der Waals surface area (Å²) in [4.78, 5) is 4.37. The number of anilines is 1. The highest BCUT2D eigenvalue weighted by atomic mass is 35.5. The van der Waals surface area contributed by atoms with E-state index in [0.717, 1.165) is 30.5 Å². The van der Waals surface area contributed by atoms with E-state index in [1.54, 1.807) is 0 Å². The van der Waals surface area contributed by atoms with Crippen molar-refractivity contribution in [2.45, 2.75) is 19.8 Å². The Morgan fingerprint density at radius 2 is 2.24 bits per heavy atom. The van der Waals surface area contributed by atoms with E-state index in [2.05, 4.69) is 17.2 Å². The minimum absolute atomic E-state index is 0.572. The molecule has 17 heavy (non-hydrogen) atoms. The van der Waals surface area contributed by atoms with Crippen LogP contribution in [0.2, 0.25) is 0 Å². The van der Waals surface area contributed by atoms with Crippen LogP contribution >= 0.6 is 11.6 Å². The summed E-state index contributed by atoms with van der Waals surface area (Å²) in [6, 6.07) is 8.36. The van der Waals surface area contributed by atoms with Crippen LogP contribution in [0, 0.1) is 5.92 Å². The highest BCUT2D eigenvalue weighted by molar-refractivity contribution is 6.17. The molecule has 0 saturated heterocycles. The molecule has 1 aromatic heterocycles. The molecule has 1 atom stereocenters. The highest BCUT2D eigenvalue weighted by Gasteiger charge is 2.08. The van der Waals surface area contributed by atoms with E-state index >= 15 is 0 Å². The van der Waals surface area contributed by atoms with Gasteiger partial charge < -0.3 is 9.73 Å². The van der Waals surface area contributed by atoms with Gasteiger partial charge in [0.05, 0.1) is 0 Å². The SMILES string of the molecule is CCC(CCCl)CNc1nc2ccccc2o1. The zero-order valence-electron chi connectivity index (χ0n) is 9.95. The van der Waals surface area contributed by atoms with E-state index in [1.165, 1.54) is 0 Å². The smallest absolute Gasteiger partial charge is 0.295 e. The van der Waals surface area contributed by atoms with Crippen LogP contribution in [0.5, 0.6) is 0 Å². The maximum absolute atomic E-state index is 5.75. The second-order valence-electron chi connectivity index (χ2n) is 4.12. The number of fused-ring (bicyclic) bond motifs is 1. The lowest BCUT2D eigenvalue weighted by Gasteiger charge is -2.12. The lowest BCUT2D eigenvalue weighted by Crippen LogP contribution is -2.14. The van der Waals surface area contributed by atoms with Gasteiger partial charge >= 0.3 is 0 Å². The van der Waals surface area contributed by atoms with E-state index in [0.29, 0.717) is 17.8 Å². The predicted molar refractivity (Wildman–Crippen MR) is 71.6 cm³/mol. The fraction of sp³-hybridized carbons (Fsp3) is 0.462. The molecule has 3 nitrogen and oxygen atoms in total. The summed E-state index contributed by atoms with van der Waals surface area (Å²) in [6.45, 7) is 3.03. The molecule has 0 amide bonds. The molecular weight excluding hydrogens is 236 g/mol. The summed E-state index contributed by atoms with van der Waals surface area (Å²) in [6.07, 6.45) is 2.13. The van der Waals surface area contributed by atoms with Crippen molar-refractivity contribution in [1.82, 2.24) is 4.98 Å². The summed E-state index contributed by atoms with van der Waals surface area (Å²) >= 11 is 5.75. The number of rotatable bonds is 6. The quantitative estimate of drug-likeness (QED) is 0.793. The van der Waals surface area contributed by atoms with Crippen LogP contribution in [0.25, 0.3) is 11.1 Å². The molecule has 2 rings (SSSR count). The van der Waals surface area contributed by atoms with E-state index in [1.807, 2.05) is 24.3 Å². The van der Waals surface area contributed by atoms with Crippen LogP contribution in [-0.2, 0) is 0 Å². The molecule has 1 aromatic carbocycles. The minimum atomic E-state index is 0.572. The summed E-state index contributed by atoms with van der Waals surface area (Å²) in [7, 11) is 0. The van der Waals surface area contributed by atoms with Crippen molar-refractivity contribution < 1.29 is 4.42 Å². The fourth-order valence-electron chi connectivity index (χ4n) is 1.78. The van der Waals surface area contributed by atoms with Crippen molar-refractivity contribution in [3.05, 3.63) is 24.3 Å². The number of aromatic nitrogens is 1. The Balaban J connectivity index is 1.98. The predicted octanol–water partition coefficient (Wildman–Crippen LogP) is 3.89. The van der Waals surface area contributed by atoms with Crippen LogP contribution in [0.3, 0.4) is 0 Å². The van der Waals surface area contributed by atoms with Gasteiger partial charge in [0.1, 0.15) is 5.52 Å². The first-order valence-electron chi connectivity index (χ1n) is 5.99. The minimum Gasteiger partial charge on any atom is -0.424 e. The maximum atomic E-state index is 5.75. The second-order valence-corrected chi connectivity index (χ2v) is 4.50. The van der Waals surface area contributed by atoms with Crippen LogP contribution in [0.4, 0.5) is 6.01 Å². The molecule has 1 unspecified atom stereocenters. The normalized spacial score (nSPS) is 12.8. The Morgan fingerprint density at radius 1 is 1.41 bits per heavy atom. The molecular formula is C13H17ClN2O. The number of benzene rings is 1. The van der Waals surface area contributed by atoms with Crippen molar-refractivity contribution >= 4 is 28.7 Å². The van der Waals surface area contributed by atoms with Crippen LogP contribution in [0.15, 0.2) is 28.7 Å². The van der Waals surface area contributed by atoms with Crippen LogP contribution in [0.1, 0.15) is 19.8 Å². The van der Waals surface area contributed by atoms with Gasteiger partial charge in [-0.3, -0.25) is 0 Å². The highest BCUT2D eigenvalue weighted by Crippen LogP contribution is 2.19. The number of hydrogen-bond acceptors (Lipinski definition) is 3. The number of hydrogen-bond donors (Lipinski definition) is 1. The van der Waals surface area contributed by atoms with E-state index < -0.39 is 0 Å². The first-order chi connectivity index (χ1) is 8.33. The molecule has 1 heterocycles. The average Bonchev–Trinajstić information content (AvgIpc) is 2.77. The van der Waals surface area contributed by atoms with Gasteiger partial charge in [-0.2, -0.15) is 4.98 Å². The molecule has 92 valence electrons. The number of nitrogens with one attached hydrogen (secondary N) is 1. The Labute approximate surface area is 106 Å². The lowest BCUT2D eigenvalue weighted by molar-refractivity contribution is 0.509. The van der Waals surface area contributed by atoms with Gasteiger partial charge in [0.15, 0.2) is 5.58 Å². The monoisotopic (exact) mass is 252 g/mol. The molecule has 1 N–H and O–H groups in total. The third-order valence-electron chi connectivity index (χ3n) is 2.93. The van der Waals surface area contributed by atoms with Gasteiger partial charge in [0.25, 0.3) is 6.01 Å². The molecule has 0 radical (unpaired) electrons. The molecule has 0 aliphatic carbocycles. The van der Waals surface area contributed by atoms with Gasteiger partial charge in [-0.05, 0) is 24.5 Å². The Hall–Kier alpha value is -1.22. The fourth-order valence-corrected chi connectivity index (χ4v) is 2.09. The van der Waals surface area contributed by atoms with Gasteiger partial charge in [0, 0.05) is 12.4 Å². The van der Waals surface area contributed by atoms with Crippen LogP contribution in [-0.4, -0.2) is 17.4 Å². The standard InChI is InChI=1S/C13H17ClN2O/c1-2-10(7-8-14)9-15-13-16-11-5-3-4-6-12(11)17-13/h3-6,10H,2,7-9H2,1H3,(H,15,16). The third kappa shape index (κ3) is 3.13. The number of para-hydroxylation sites is 2. The van der Waals surface area contributed by atoms with Crippen molar-refractivity contribution in [1.29, 1.82) is 0 Å². The maximum Gasteiger partial charge on any atom is 0.295 e. The third-order valence-corrected chi connectivity index (χ3v) is 3.15. The molecule has 4 heteroatoms. The number of alkyl halides is 1. The summed E-state index contributed by atoms with van der Waals surface area (Å²) in [5.41, 5.74) is 1.71. The van der Waals surface area contributed by atoms with E-state index in [9.17, 15) is 0 Å². The number of halogens is 1. The average molecular weight is 253 g/mol. The van der Waals surface area contributed by atoms with E-state index in [-0.39, 0.29) is 0 Å². The van der Waals surface area contributed by atoms with Crippen molar-refractivity contribution in [2.75, 3.05) is 17.7 Å². The zero-order valence-corrected chi connectivity index (χ0v) is 10.7. The molecule has 0 spiro atoms. The molecule has 0 bridgehead atoms. The molecule has 2 aromatic rings. The van der Waals surface area contributed by atoms with Crippen LogP contribution < -0.4 is 5.32 Å². The zero-order chi connectivity index (χ0) is 12.1. The topological polar surface area (TPSA) is 38.1 Å². The van der Waals surface area contributed by atoms with Gasteiger partial charge in [-0.15, -0.1) is 11.6 Å². The molecule has 0 saturated carbocycles. The number of oxazole rings is 1. The molecule has 0 fully saturated rings. The Kier molecular flexibility index (Phi) is 4.26. The summed E-state index contributed by atoms with van der Waals surface area (Å²) < 4.78 is 5.59. The van der Waals surface area contributed by atoms with E-state index in [4.69, 9.17) is 16.0 Å². The summed E-state index contributed by atoms with van der Waals surface area (Å²) in [5, 5.41) is 3.23. The van der Waals surface area contributed by atoms with Crippen molar-refractivity contribution in [2.24, 2.45) is 5.92 Å². The molecule has 0 aliphatic heterocycles. The first kappa shape index (κ1) is 12.2. The summed E-state index contributed by atoms with van der Waals surface area (Å²) in [5.74, 6) is 1.27. The Bertz CT molecular complexity index is 436. The Morgan fingerprint density at radius 3 is 2.94 bits per heavy atom. The lowest BCUT2D eigenvalue weighted by atomic mass is 10.0. The van der Waals surface area contributed by atoms with Gasteiger partial charge in [0.2, 0.25) is 0 Å². The van der Waals surface area contributed by atoms with Crippen molar-refractivity contribution in [3.63, 3.8) is 0 Å². The van der Waals surface area contributed by atoms with Gasteiger partial charge in [-0.25, -0.2) is 0 Å². The second kappa shape index (κ2) is 5.92. The van der Waals surface area contributed by atoms with Gasteiger partial charge in [-0.1, -0.05) is 25.5 Å². The van der Waals surface area contributed by atoms with Crippen molar-refractivity contribution in [3.8, 4) is 0 Å². The number of nitrogens with zero attached hydrogens (tertiary/aromatic N) is 1. The first-order valence-corrected chi connectivity index (χ1v) is 6.52. The molecule has 0 aliphatic rings. The largest absolute Gasteiger partial charge is 0.424 e.